The molecule has 1 unspecified atom stereocenters. The Kier molecular flexibility index (Phi) is 5.47. The zero-order chi connectivity index (χ0) is 18.6. The minimum Gasteiger partial charge on any atom is -0.490 e. The summed E-state index contributed by atoms with van der Waals surface area (Å²) in [4.78, 5) is 24.2. The van der Waals surface area contributed by atoms with E-state index in [1.165, 1.54) is 18.2 Å². The summed E-state index contributed by atoms with van der Waals surface area (Å²) in [7, 11) is 0. The van der Waals surface area contributed by atoms with Crippen LogP contribution in [0.3, 0.4) is 0 Å². The molecule has 0 spiro atoms. The first-order valence-electron chi connectivity index (χ1n) is 8.03. The molecule has 0 aromatic heterocycles. The average Bonchev–Trinajstić information content (AvgIpc) is 2.99. The molecule has 1 aliphatic rings. The van der Waals surface area contributed by atoms with Crippen molar-refractivity contribution in [2.45, 2.75) is 45.3 Å². The Morgan fingerprint density at radius 2 is 2.20 bits per heavy atom. The zero-order valence-electron chi connectivity index (χ0n) is 14.5. The minimum atomic E-state index is -0.617. The van der Waals surface area contributed by atoms with Crippen LogP contribution in [0.5, 0.6) is 5.75 Å². The quantitative estimate of drug-likeness (QED) is 0.611. The number of nitriles is 1. The molecule has 0 N–H and O–H groups in total. The summed E-state index contributed by atoms with van der Waals surface area (Å²) in [5.74, 6) is 0.146. The topological polar surface area (TPSA) is 106 Å². The van der Waals surface area contributed by atoms with Crippen LogP contribution in [0.2, 0.25) is 0 Å². The van der Waals surface area contributed by atoms with Gasteiger partial charge in [-0.05, 0) is 39.7 Å². The third-order valence-corrected chi connectivity index (χ3v) is 3.75. The third kappa shape index (κ3) is 4.59. The van der Waals surface area contributed by atoms with Crippen LogP contribution >= 0.6 is 0 Å². The molecule has 1 heterocycles. The van der Waals surface area contributed by atoms with Gasteiger partial charge in [-0.15, -0.1) is 0 Å². The lowest BCUT2D eigenvalue weighted by molar-refractivity contribution is -0.385. The van der Waals surface area contributed by atoms with Crippen molar-refractivity contribution in [1.29, 1.82) is 5.26 Å². The lowest BCUT2D eigenvalue weighted by Gasteiger charge is -2.28. The van der Waals surface area contributed by atoms with Gasteiger partial charge in [-0.1, -0.05) is 6.07 Å². The molecule has 8 heteroatoms. The molecule has 0 radical (unpaired) electrons. The van der Waals surface area contributed by atoms with Gasteiger partial charge in [-0.3, -0.25) is 10.1 Å². The van der Waals surface area contributed by atoms with Gasteiger partial charge in [0.2, 0.25) is 0 Å². The number of nitro groups is 1. The zero-order valence-corrected chi connectivity index (χ0v) is 14.5. The molecule has 1 aromatic carbocycles. The van der Waals surface area contributed by atoms with E-state index in [4.69, 9.17) is 9.47 Å². The third-order valence-electron chi connectivity index (χ3n) is 3.75. The van der Waals surface area contributed by atoms with Crippen LogP contribution in [0.25, 0.3) is 0 Å². The predicted molar refractivity (Wildman–Crippen MR) is 89.3 cm³/mol. The molecule has 0 saturated carbocycles. The minimum absolute atomic E-state index is 0.116. The monoisotopic (exact) mass is 347 g/mol. The maximum absolute atomic E-state index is 12.3. The van der Waals surface area contributed by atoms with Crippen LogP contribution in [0.15, 0.2) is 18.2 Å². The Morgan fingerprint density at radius 1 is 1.48 bits per heavy atom. The van der Waals surface area contributed by atoms with Gasteiger partial charge >= 0.3 is 6.09 Å². The number of carbonyl (C=O) groups excluding carboxylic acids is 1. The number of ether oxygens (including phenoxy) is 2. The Bertz CT molecular complexity index is 705. The Balaban J connectivity index is 2.08. The van der Waals surface area contributed by atoms with E-state index in [0.717, 1.165) is 12.8 Å². The van der Waals surface area contributed by atoms with Crippen molar-refractivity contribution in [3.8, 4) is 11.8 Å². The number of hydrogen-bond acceptors (Lipinski definition) is 6. The maximum Gasteiger partial charge on any atom is 0.410 e. The fraction of sp³-hybridized carbons (Fsp3) is 0.529. The molecule has 1 aliphatic heterocycles. The van der Waals surface area contributed by atoms with E-state index in [1.54, 1.807) is 25.7 Å². The summed E-state index contributed by atoms with van der Waals surface area (Å²) < 4.78 is 11.0. The molecule has 0 bridgehead atoms. The Labute approximate surface area is 146 Å². The van der Waals surface area contributed by atoms with Crippen LogP contribution < -0.4 is 4.74 Å². The highest BCUT2D eigenvalue weighted by Crippen LogP contribution is 2.28. The van der Waals surface area contributed by atoms with Gasteiger partial charge in [-0.25, -0.2) is 4.79 Å². The normalized spacial score (nSPS) is 17.0. The van der Waals surface area contributed by atoms with E-state index in [-0.39, 0.29) is 29.6 Å². The van der Waals surface area contributed by atoms with Gasteiger partial charge in [0.15, 0.2) is 5.56 Å². The summed E-state index contributed by atoms with van der Waals surface area (Å²) in [6.45, 7) is 6.12. The van der Waals surface area contributed by atoms with Crippen molar-refractivity contribution in [2.24, 2.45) is 0 Å². The second-order valence-corrected chi connectivity index (χ2v) is 6.80. The van der Waals surface area contributed by atoms with Gasteiger partial charge in [-0.2, -0.15) is 5.26 Å². The molecular weight excluding hydrogens is 326 g/mol. The van der Waals surface area contributed by atoms with E-state index in [1.807, 2.05) is 6.07 Å². The van der Waals surface area contributed by atoms with Crippen LogP contribution in [-0.2, 0) is 4.74 Å². The Hall–Kier alpha value is -2.82. The molecule has 134 valence electrons. The lowest BCUT2D eigenvalue weighted by Crippen LogP contribution is -2.42. The van der Waals surface area contributed by atoms with E-state index in [9.17, 15) is 20.2 Å². The number of amides is 1. The second kappa shape index (κ2) is 7.38. The molecule has 1 aromatic rings. The van der Waals surface area contributed by atoms with Crippen molar-refractivity contribution in [2.75, 3.05) is 13.2 Å². The molecule has 0 aliphatic carbocycles. The van der Waals surface area contributed by atoms with E-state index < -0.39 is 16.6 Å². The molecule has 1 atom stereocenters. The molecular formula is C17H21N3O5. The number of nitrogens with zero attached hydrogens (tertiary/aromatic N) is 3. The van der Waals surface area contributed by atoms with Crippen molar-refractivity contribution >= 4 is 11.8 Å². The van der Waals surface area contributed by atoms with Gasteiger partial charge in [0.25, 0.3) is 5.69 Å². The number of likely N-dealkylation sites (tertiary alicyclic amines) is 1. The van der Waals surface area contributed by atoms with E-state index in [0.29, 0.717) is 6.54 Å². The number of rotatable bonds is 4. The Morgan fingerprint density at radius 3 is 2.80 bits per heavy atom. The van der Waals surface area contributed by atoms with Crippen molar-refractivity contribution < 1.29 is 19.2 Å². The fourth-order valence-corrected chi connectivity index (χ4v) is 2.66. The average molecular weight is 347 g/mol. The van der Waals surface area contributed by atoms with Crippen LogP contribution in [-0.4, -0.2) is 40.7 Å². The number of carbonyl (C=O) groups is 1. The summed E-state index contributed by atoms with van der Waals surface area (Å²) >= 11 is 0. The molecule has 8 nitrogen and oxygen atoms in total. The van der Waals surface area contributed by atoms with Crippen LogP contribution in [0, 0.1) is 21.4 Å². The molecule has 25 heavy (non-hydrogen) atoms. The van der Waals surface area contributed by atoms with E-state index in [2.05, 4.69) is 0 Å². The summed E-state index contributed by atoms with van der Waals surface area (Å²) in [6.07, 6.45) is 1.17. The van der Waals surface area contributed by atoms with Crippen LogP contribution in [0.4, 0.5) is 10.5 Å². The fourth-order valence-electron chi connectivity index (χ4n) is 2.66. The smallest absolute Gasteiger partial charge is 0.410 e. The summed E-state index contributed by atoms with van der Waals surface area (Å²) in [5, 5.41) is 20.2. The number of nitro benzene ring substituents is 1. The van der Waals surface area contributed by atoms with Gasteiger partial charge in [0.1, 0.15) is 24.0 Å². The molecule has 1 amide bonds. The van der Waals surface area contributed by atoms with Gasteiger partial charge in [0.05, 0.1) is 11.0 Å². The predicted octanol–water partition coefficient (Wildman–Crippen LogP) is 3.24. The maximum atomic E-state index is 12.3. The number of benzene rings is 1. The first-order valence-corrected chi connectivity index (χ1v) is 8.03. The molecule has 1 fully saturated rings. The lowest BCUT2D eigenvalue weighted by atomic mass is 10.1. The van der Waals surface area contributed by atoms with Crippen LogP contribution in [0.1, 0.15) is 39.2 Å². The molecule has 2 rings (SSSR count). The summed E-state index contributed by atoms with van der Waals surface area (Å²) in [5.41, 5.74) is -0.997. The van der Waals surface area contributed by atoms with E-state index >= 15 is 0 Å². The first-order chi connectivity index (χ1) is 11.7. The molecule has 1 saturated heterocycles. The highest BCUT2D eigenvalue weighted by Gasteiger charge is 2.33. The SMILES string of the molecule is CC(C)(C)OC(=O)N1CCCC1COc1cccc([N+](=O)[O-])c1C#N. The summed E-state index contributed by atoms with van der Waals surface area (Å²) in [6, 6.07) is 5.86. The van der Waals surface area contributed by atoms with Gasteiger partial charge in [0, 0.05) is 12.6 Å². The highest BCUT2D eigenvalue weighted by atomic mass is 16.6. The van der Waals surface area contributed by atoms with Crippen molar-refractivity contribution in [3.05, 3.63) is 33.9 Å². The highest BCUT2D eigenvalue weighted by molar-refractivity contribution is 5.69. The van der Waals surface area contributed by atoms with Crippen molar-refractivity contribution in [3.63, 3.8) is 0 Å². The first kappa shape index (κ1) is 18.5. The number of hydrogen-bond donors (Lipinski definition) is 0. The van der Waals surface area contributed by atoms with Gasteiger partial charge < -0.3 is 14.4 Å². The standard InChI is InChI=1S/C17H21N3O5/c1-17(2,3)25-16(21)19-9-5-6-12(19)11-24-15-8-4-7-14(20(22)23)13(15)10-18/h4,7-8,12H,5-6,9,11H2,1-3H3. The van der Waals surface area contributed by atoms with Crippen molar-refractivity contribution in [1.82, 2.24) is 4.90 Å². The largest absolute Gasteiger partial charge is 0.490 e. The second-order valence-electron chi connectivity index (χ2n) is 6.80.